The van der Waals surface area contributed by atoms with Crippen molar-refractivity contribution in [3.63, 3.8) is 0 Å². The van der Waals surface area contributed by atoms with Crippen LogP contribution in [0.25, 0.3) is 10.9 Å². The number of halogens is 2. The van der Waals surface area contributed by atoms with E-state index in [2.05, 4.69) is 5.32 Å². The van der Waals surface area contributed by atoms with E-state index in [1.54, 1.807) is 27.7 Å². The second kappa shape index (κ2) is 7.23. The summed E-state index contributed by atoms with van der Waals surface area (Å²) in [5, 5.41) is 2.19. The summed E-state index contributed by atoms with van der Waals surface area (Å²) in [4.78, 5) is 36.5. The summed E-state index contributed by atoms with van der Waals surface area (Å²) in [5.74, 6) is -3.71. The van der Waals surface area contributed by atoms with Crippen LogP contribution in [0.2, 0.25) is 0 Å². The van der Waals surface area contributed by atoms with Crippen LogP contribution in [0.1, 0.15) is 38.1 Å². The number of amides is 1. The molecule has 0 unspecified atom stereocenters. The minimum absolute atomic E-state index is 0.115. The summed E-state index contributed by atoms with van der Waals surface area (Å²) in [6, 6.07) is 1.68. The predicted molar refractivity (Wildman–Crippen MR) is 92.0 cm³/mol. The predicted octanol–water partition coefficient (Wildman–Crippen LogP) is 2.37. The second-order valence-electron chi connectivity index (χ2n) is 6.71. The minimum atomic E-state index is -1.18. The molecule has 0 aliphatic heterocycles. The zero-order valence-corrected chi connectivity index (χ0v) is 15.0. The third-order valence-electron chi connectivity index (χ3n) is 3.52. The Morgan fingerprint density at radius 3 is 2.38 bits per heavy atom. The van der Waals surface area contributed by atoms with Crippen molar-refractivity contribution >= 4 is 22.8 Å². The lowest BCUT2D eigenvalue weighted by Crippen LogP contribution is -2.36. The van der Waals surface area contributed by atoms with Gasteiger partial charge < -0.3 is 14.6 Å². The number of carbonyl (C=O) groups is 2. The van der Waals surface area contributed by atoms with Crippen LogP contribution in [-0.2, 0) is 16.1 Å². The molecule has 6 nitrogen and oxygen atoms in total. The molecule has 1 N–H and O–H groups in total. The van der Waals surface area contributed by atoms with E-state index < -0.39 is 41.1 Å². The van der Waals surface area contributed by atoms with E-state index in [4.69, 9.17) is 4.74 Å². The fourth-order valence-corrected chi connectivity index (χ4v) is 2.43. The van der Waals surface area contributed by atoms with Gasteiger partial charge in [0.2, 0.25) is 5.43 Å². The highest BCUT2D eigenvalue weighted by atomic mass is 19.2. The van der Waals surface area contributed by atoms with E-state index in [9.17, 15) is 23.2 Å². The number of benzene rings is 1. The highest BCUT2D eigenvalue weighted by molar-refractivity contribution is 5.98. The third-order valence-corrected chi connectivity index (χ3v) is 3.52. The maximum absolute atomic E-state index is 13.5. The Morgan fingerprint density at radius 2 is 1.81 bits per heavy atom. The van der Waals surface area contributed by atoms with E-state index >= 15 is 0 Å². The number of ether oxygens (including phenoxy) is 1. The average Bonchev–Trinajstić information content (AvgIpc) is 2.53. The molecule has 0 aliphatic carbocycles. The number of nitrogens with one attached hydrogen (secondary N) is 1. The lowest BCUT2D eigenvalue weighted by molar-refractivity contribution is -0.153. The van der Waals surface area contributed by atoms with Crippen molar-refractivity contribution in [1.82, 2.24) is 9.88 Å². The molecule has 0 atom stereocenters. The van der Waals surface area contributed by atoms with Gasteiger partial charge in [0.05, 0.1) is 5.52 Å². The zero-order valence-electron chi connectivity index (χ0n) is 15.0. The number of fused-ring (bicyclic) bond motifs is 1. The van der Waals surface area contributed by atoms with Gasteiger partial charge in [-0.1, -0.05) is 0 Å². The first kappa shape index (κ1) is 19.6. The Morgan fingerprint density at radius 1 is 1.19 bits per heavy atom. The zero-order chi connectivity index (χ0) is 19.6. The van der Waals surface area contributed by atoms with Gasteiger partial charge in [0.25, 0.3) is 5.91 Å². The van der Waals surface area contributed by atoms with Crippen molar-refractivity contribution in [2.45, 2.75) is 39.8 Å². The normalized spacial score (nSPS) is 11.5. The van der Waals surface area contributed by atoms with E-state index in [1.807, 2.05) is 0 Å². The van der Waals surface area contributed by atoms with E-state index in [1.165, 1.54) is 10.8 Å². The maximum atomic E-state index is 13.5. The molecule has 0 radical (unpaired) electrons. The number of aryl methyl sites for hydroxylation is 1. The molecule has 0 fully saturated rings. The Hall–Kier alpha value is -2.77. The monoisotopic (exact) mass is 366 g/mol. The first-order valence-electron chi connectivity index (χ1n) is 8.05. The molecule has 2 aromatic rings. The van der Waals surface area contributed by atoms with E-state index in [0.29, 0.717) is 6.54 Å². The maximum Gasteiger partial charge on any atom is 0.325 e. The lowest BCUT2D eigenvalue weighted by atomic mass is 10.1. The summed E-state index contributed by atoms with van der Waals surface area (Å²) in [6.45, 7) is 6.69. The molecule has 0 saturated heterocycles. The number of aromatic nitrogens is 1. The van der Waals surface area contributed by atoms with Gasteiger partial charge in [-0.05, 0) is 33.8 Å². The first-order valence-corrected chi connectivity index (χ1v) is 8.05. The molecule has 8 heteroatoms. The molecule has 1 aromatic carbocycles. The molecule has 0 aliphatic rings. The molecule has 1 aromatic heterocycles. The Bertz CT molecular complexity index is 929. The molecule has 0 spiro atoms. The molecule has 0 bridgehead atoms. The highest BCUT2D eigenvalue weighted by Crippen LogP contribution is 2.17. The number of pyridine rings is 1. The molecular formula is C18H20F2N2O4. The Kier molecular flexibility index (Phi) is 5.44. The third kappa shape index (κ3) is 4.25. The van der Waals surface area contributed by atoms with Crippen molar-refractivity contribution in [3.05, 3.63) is 45.8 Å². The summed E-state index contributed by atoms with van der Waals surface area (Å²) in [5.41, 5.74) is -1.54. The lowest BCUT2D eigenvalue weighted by Gasteiger charge is -2.19. The van der Waals surface area contributed by atoms with Crippen molar-refractivity contribution in [2.24, 2.45) is 0 Å². The van der Waals surface area contributed by atoms with Gasteiger partial charge in [0.1, 0.15) is 17.7 Å². The van der Waals surface area contributed by atoms with Gasteiger partial charge in [0.15, 0.2) is 11.6 Å². The van der Waals surface area contributed by atoms with Crippen molar-refractivity contribution in [3.8, 4) is 0 Å². The first-order chi connectivity index (χ1) is 12.0. The topological polar surface area (TPSA) is 77.4 Å². The standard InChI is InChI=1S/C18H20F2N2O4/c1-5-22-9-11(17(25)21-8-15(23)26-18(2,3)4)16(24)10-6-12(19)13(20)7-14(10)22/h6-7,9H,5,8H2,1-4H3,(H,21,25). The largest absolute Gasteiger partial charge is 0.459 e. The number of esters is 1. The van der Waals surface area contributed by atoms with Crippen LogP contribution in [0.3, 0.4) is 0 Å². The smallest absolute Gasteiger partial charge is 0.325 e. The van der Waals surface area contributed by atoms with Gasteiger partial charge in [-0.3, -0.25) is 14.4 Å². The Labute approximate surface area is 148 Å². The van der Waals surface area contributed by atoms with Crippen LogP contribution >= 0.6 is 0 Å². The summed E-state index contributed by atoms with van der Waals surface area (Å²) >= 11 is 0. The van der Waals surface area contributed by atoms with Gasteiger partial charge in [-0.25, -0.2) is 8.78 Å². The Balaban J connectivity index is 2.36. The minimum Gasteiger partial charge on any atom is -0.459 e. The molecule has 1 heterocycles. The number of nitrogens with zero attached hydrogens (tertiary/aromatic N) is 1. The van der Waals surface area contributed by atoms with Crippen LogP contribution < -0.4 is 10.7 Å². The van der Waals surface area contributed by atoms with Gasteiger partial charge in [-0.2, -0.15) is 0 Å². The molecule has 2 rings (SSSR count). The van der Waals surface area contributed by atoms with E-state index in [-0.39, 0.29) is 16.5 Å². The fraction of sp³-hybridized carbons (Fsp3) is 0.389. The molecule has 0 saturated carbocycles. The molecule has 140 valence electrons. The van der Waals surface area contributed by atoms with Crippen LogP contribution in [0.4, 0.5) is 8.78 Å². The summed E-state index contributed by atoms with van der Waals surface area (Å²) in [7, 11) is 0. The number of hydrogen-bond acceptors (Lipinski definition) is 4. The average molecular weight is 366 g/mol. The number of rotatable bonds is 4. The van der Waals surface area contributed by atoms with Crippen molar-refractivity contribution in [1.29, 1.82) is 0 Å². The SMILES string of the molecule is CCn1cc(C(=O)NCC(=O)OC(C)(C)C)c(=O)c2cc(F)c(F)cc21. The van der Waals surface area contributed by atoms with Gasteiger partial charge in [0, 0.05) is 24.2 Å². The number of hydrogen-bond donors (Lipinski definition) is 1. The fourth-order valence-electron chi connectivity index (χ4n) is 2.43. The van der Waals surface area contributed by atoms with Crippen LogP contribution in [-0.4, -0.2) is 28.6 Å². The van der Waals surface area contributed by atoms with Crippen molar-refractivity contribution < 1.29 is 23.1 Å². The summed E-state index contributed by atoms with van der Waals surface area (Å²) in [6.07, 6.45) is 1.26. The summed E-state index contributed by atoms with van der Waals surface area (Å²) < 4.78 is 33.5. The van der Waals surface area contributed by atoms with Crippen molar-refractivity contribution in [2.75, 3.05) is 6.54 Å². The van der Waals surface area contributed by atoms with Crippen LogP contribution in [0.15, 0.2) is 23.1 Å². The van der Waals surface area contributed by atoms with Gasteiger partial charge in [-0.15, -0.1) is 0 Å². The van der Waals surface area contributed by atoms with E-state index in [0.717, 1.165) is 12.1 Å². The molecular weight excluding hydrogens is 346 g/mol. The number of carbonyl (C=O) groups excluding carboxylic acids is 2. The van der Waals surface area contributed by atoms with Gasteiger partial charge >= 0.3 is 5.97 Å². The second-order valence-corrected chi connectivity index (χ2v) is 6.71. The molecule has 1 amide bonds. The molecule has 26 heavy (non-hydrogen) atoms. The highest BCUT2D eigenvalue weighted by Gasteiger charge is 2.20. The van der Waals surface area contributed by atoms with Crippen LogP contribution in [0, 0.1) is 11.6 Å². The quantitative estimate of drug-likeness (QED) is 0.843. The van der Waals surface area contributed by atoms with Crippen LogP contribution in [0.5, 0.6) is 0 Å².